The molecule has 0 radical (unpaired) electrons. The lowest BCUT2D eigenvalue weighted by Gasteiger charge is -2.05. The van der Waals surface area contributed by atoms with E-state index in [2.05, 4.69) is 17.5 Å². The zero-order valence-corrected chi connectivity index (χ0v) is 13.4. The second-order valence-corrected chi connectivity index (χ2v) is 5.79. The largest absolute Gasteiger partial charge is 0.497 e. The van der Waals surface area contributed by atoms with Gasteiger partial charge in [-0.2, -0.15) is 0 Å². The van der Waals surface area contributed by atoms with Crippen molar-refractivity contribution >= 4 is 11.3 Å². The predicted molar refractivity (Wildman–Crippen MR) is 89.9 cm³/mol. The molecule has 0 saturated heterocycles. The molecule has 0 unspecified atom stereocenters. The zero-order valence-electron chi connectivity index (χ0n) is 12.6. The monoisotopic (exact) mass is 311 g/mol. The molecule has 22 heavy (non-hydrogen) atoms. The van der Waals surface area contributed by atoms with Gasteiger partial charge in [0.05, 0.1) is 24.9 Å². The second kappa shape index (κ2) is 6.62. The summed E-state index contributed by atoms with van der Waals surface area (Å²) in [6.07, 6.45) is 0.823. The van der Waals surface area contributed by atoms with Gasteiger partial charge in [0, 0.05) is 17.4 Å². The standard InChI is InChI=1S/C18H17NO2S/c1-20-14-9-7-13(8-10-14)11-18-19-16(12-22-18)15-5-3-4-6-17(15)21-2/h3-10,12H,11H2,1-2H3. The van der Waals surface area contributed by atoms with E-state index >= 15 is 0 Å². The Morgan fingerprint density at radius 1 is 0.955 bits per heavy atom. The molecule has 0 atom stereocenters. The average Bonchev–Trinajstić information content (AvgIpc) is 3.04. The van der Waals surface area contributed by atoms with E-state index in [1.165, 1.54) is 5.56 Å². The van der Waals surface area contributed by atoms with Gasteiger partial charge in [-0.3, -0.25) is 0 Å². The van der Waals surface area contributed by atoms with Crippen LogP contribution in [0.1, 0.15) is 10.6 Å². The van der Waals surface area contributed by atoms with Gasteiger partial charge in [0.25, 0.3) is 0 Å². The Kier molecular flexibility index (Phi) is 4.39. The van der Waals surface area contributed by atoms with E-state index in [0.717, 1.165) is 34.2 Å². The molecule has 2 aromatic carbocycles. The summed E-state index contributed by atoms with van der Waals surface area (Å²) in [5.74, 6) is 1.72. The van der Waals surface area contributed by atoms with Crippen LogP contribution in [0.2, 0.25) is 0 Å². The molecule has 4 heteroatoms. The summed E-state index contributed by atoms with van der Waals surface area (Å²) in [6.45, 7) is 0. The number of hydrogen-bond acceptors (Lipinski definition) is 4. The highest BCUT2D eigenvalue weighted by Crippen LogP contribution is 2.31. The molecule has 0 spiro atoms. The Hall–Kier alpha value is -2.33. The molecule has 0 N–H and O–H groups in total. The fraction of sp³-hybridized carbons (Fsp3) is 0.167. The van der Waals surface area contributed by atoms with Crippen LogP contribution in [-0.2, 0) is 6.42 Å². The van der Waals surface area contributed by atoms with Gasteiger partial charge in [0.1, 0.15) is 11.5 Å². The summed E-state index contributed by atoms with van der Waals surface area (Å²) in [7, 11) is 3.36. The quantitative estimate of drug-likeness (QED) is 0.699. The topological polar surface area (TPSA) is 31.4 Å². The molecule has 0 aliphatic heterocycles. The van der Waals surface area contributed by atoms with Crippen LogP contribution < -0.4 is 9.47 Å². The Balaban J connectivity index is 1.81. The molecule has 3 rings (SSSR count). The number of rotatable bonds is 5. The minimum Gasteiger partial charge on any atom is -0.497 e. The molecule has 0 aliphatic carbocycles. The Morgan fingerprint density at radius 3 is 2.45 bits per heavy atom. The molecule has 1 heterocycles. The lowest BCUT2D eigenvalue weighted by Crippen LogP contribution is -1.90. The number of ether oxygens (including phenoxy) is 2. The molecular formula is C18H17NO2S. The third-order valence-electron chi connectivity index (χ3n) is 3.45. The third kappa shape index (κ3) is 3.12. The average molecular weight is 311 g/mol. The summed E-state index contributed by atoms with van der Waals surface area (Å²) in [5.41, 5.74) is 3.22. The number of thiazole rings is 1. The normalized spacial score (nSPS) is 10.5. The maximum Gasteiger partial charge on any atom is 0.128 e. The van der Waals surface area contributed by atoms with E-state index in [1.54, 1.807) is 25.6 Å². The lowest BCUT2D eigenvalue weighted by atomic mass is 10.1. The molecule has 0 fully saturated rings. The van der Waals surface area contributed by atoms with Crippen LogP contribution in [0.5, 0.6) is 11.5 Å². The minimum absolute atomic E-state index is 0.823. The number of para-hydroxylation sites is 1. The van der Waals surface area contributed by atoms with Crippen molar-refractivity contribution in [2.24, 2.45) is 0 Å². The van der Waals surface area contributed by atoms with Crippen molar-refractivity contribution in [2.75, 3.05) is 14.2 Å². The summed E-state index contributed by atoms with van der Waals surface area (Å²) in [6, 6.07) is 16.1. The van der Waals surface area contributed by atoms with Crippen LogP contribution in [0.25, 0.3) is 11.3 Å². The van der Waals surface area contributed by atoms with Gasteiger partial charge >= 0.3 is 0 Å². The first kappa shape index (κ1) is 14.6. The van der Waals surface area contributed by atoms with Crippen molar-refractivity contribution in [2.45, 2.75) is 6.42 Å². The lowest BCUT2D eigenvalue weighted by molar-refractivity contribution is 0.414. The molecular weight excluding hydrogens is 294 g/mol. The first-order chi connectivity index (χ1) is 10.8. The van der Waals surface area contributed by atoms with Gasteiger partial charge in [-0.25, -0.2) is 4.98 Å². The summed E-state index contributed by atoms with van der Waals surface area (Å²) in [5, 5.41) is 3.17. The van der Waals surface area contributed by atoms with Gasteiger partial charge in [0.2, 0.25) is 0 Å². The fourth-order valence-corrected chi connectivity index (χ4v) is 3.12. The zero-order chi connectivity index (χ0) is 15.4. The van der Waals surface area contributed by atoms with Crippen molar-refractivity contribution in [1.29, 1.82) is 0 Å². The number of hydrogen-bond donors (Lipinski definition) is 0. The minimum atomic E-state index is 0.823. The van der Waals surface area contributed by atoms with Gasteiger partial charge < -0.3 is 9.47 Å². The van der Waals surface area contributed by atoms with Crippen molar-refractivity contribution in [3.05, 3.63) is 64.5 Å². The van der Waals surface area contributed by atoms with Crippen LogP contribution in [0.3, 0.4) is 0 Å². The summed E-state index contributed by atoms with van der Waals surface area (Å²) in [4.78, 5) is 4.73. The molecule has 3 aromatic rings. The maximum absolute atomic E-state index is 5.40. The maximum atomic E-state index is 5.40. The molecule has 0 aliphatic rings. The van der Waals surface area contributed by atoms with E-state index in [-0.39, 0.29) is 0 Å². The van der Waals surface area contributed by atoms with Crippen LogP contribution in [0.4, 0.5) is 0 Å². The Morgan fingerprint density at radius 2 is 1.73 bits per heavy atom. The molecule has 3 nitrogen and oxygen atoms in total. The number of nitrogens with zero attached hydrogens (tertiary/aromatic N) is 1. The van der Waals surface area contributed by atoms with Crippen molar-refractivity contribution in [3.63, 3.8) is 0 Å². The van der Waals surface area contributed by atoms with Crippen LogP contribution in [-0.4, -0.2) is 19.2 Å². The fourth-order valence-electron chi connectivity index (χ4n) is 2.29. The van der Waals surface area contributed by atoms with Crippen molar-refractivity contribution in [1.82, 2.24) is 4.98 Å². The highest BCUT2D eigenvalue weighted by Gasteiger charge is 2.09. The summed E-state index contributed by atoms with van der Waals surface area (Å²) >= 11 is 1.67. The van der Waals surface area contributed by atoms with Crippen molar-refractivity contribution < 1.29 is 9.47 Å². The van der Waals surface area contributed by atoms with Gasteiger partial charge in [-0.05, 0) is 29.8 Å². The Bertz CT molecular complexity index is 750. The highest BCUT2D eigenvalue weighted by atomic mass is 32.1. The van der Waals surface area contributed by atoms with E-state index in [4.69, 9.17) is 14.5 Å². The van der Waals surface area contributed by atoms with Crippen LogP contribution in [0, 0.1) is 0 Å². The van der Waals surface area contributed by atoms with Gasteiger partial charge in [-0.1, -0.05) is 24.3 Å². The molecule has 0 saturated carbocycles. The third-order valence-corrected chi connectivity index (χ3v) is 4.30. The first-order valence-electron chi connectivity index (χ1n) is 7.01. The molecule has 112 valence electrons. The van der Waals surface area contributed by atoms with E-state index < -0.39 is 0 Å². The van der Waals surface area contributed by atoms with Gasteiger partial charge in [0.15, 0.2) is 0 Å². The Labute approximate surface area is 134 Å². The SMILES string of the molecule is COc1ccc(Cc2nc(-c3ccccc3OC)cs2)cc1. The van der Waals surface area contributed by atoms with E-state index in [9.17, 15) is 0 Å². The second-order valence-electron chi connectivity index (χ2n) is 4.85. The number of methoxy groups -OCH3 is 2. The van der Waals surface area contributed by atoms with Crippen molar-refractivity contribution in [3.8, 4) is 22.8 Å². The predicted octanol–water partition coefficient (Wildman–Crippen LogP) is 4.42. The van der Waals surface area contributed by atoms with E-state index in [0.29, 0.717) is 0 Å². The number of aromatic nitrogens is 1. The summed E-state index contributed by atoms with van der Waals surface area (Å²) < 4.78 is 10.6. The highest BCUT2D eigenvalue weighted by molar-refractivity contribution is 7.10. The van der Waals surface area contributed by atoms with Crippen LogP contribution in [0.15, 0.2) is 53.9 Å². The molecule has 0 amide bonds. The van der Waals surface area contributed by atoms with Gasteiger partial charge in [-0.15, -0.1) is 11.3 Å². The van der Waals surface area contributed by atoms with Crippen LogP contribution >= 0.6 is 11.3 Å². The molecule has 1 aromatic heterocycles. The van der Waals surface area contributed by atoms with E-state index in [1.807, 2.05) is 36.4 Å². The smallest absolute Gasteiger partial charge is 0.128 e. The first-order valence-corrected chi connectivity index (χ1v) is 7.89. The number of benzene rings is 2. The molecule has 0 bridgehead atoms.